The van der Waals surface area contributed by atoms with Gasteiger partial charge in [0.05, 0.1) is 6.61 Å². The Morgan fingerprint density at radius 3 is 2.33 bits per heavy atom. The van der Waals surface area contributed by atoms with Crippen LogP contribution in [0.1, 0.15) is 61.7 Å². The summed E-state index contributed by atoms with van der Waals surface area (Å²) >= 11 is 5.64. The van der Waals surface area contributed by atoms with Crippen LogP contribution in [0.2, 0.25) is 0 Å². The Bertz CT molecular complexity index is 551. The van der Waals surface area contributed by atoms with Crippen LogP contribution in [0.5, 0.6) is 5.75 Å². The molecule has 1 atom stereocenters. The predicted molar refractivity (Wildman–Crippen MR) is 108 cm³/mol. The highest BCUT2D eigenvalue weighted by Crippen LogP contribution is 2.14. The number of hydrogen-bond donors (Lipinski definition) is 3. The summed E-state index contributed by atoms with van der Waals surface area (Å²) in [6.45, 7) is 1.14. The monoisotopic (exact) mass is 398 g/mol. The first kappa shape index (κ1) is 23.2. The van der Waals surface area contributed by atoms with Crippen LogP contribution in [-0.2, 0) is 4.79 Å². The lowest BCUT2D eigenvalue weighted by Crippen LogP contribution is -2.40. The molecule has 0 aliphatic heterocycles. The van der Waals surface area contributed by atoms with Crippen LogP contribution in [0.25, 0.3) is 0 Å². The molecule has 0 fully saturated rings. The Labute approximate surface area is 166 Å². The number of nitrogens with two attached hydrogens (primary N) is 1. The number of aliphatic carboxylic acids is 1. The summed E-state index contributed by atoms with van der Waals surface area (Å²) in [5, 5.41) is 11.8. The lowest BCUT2D eigenvalue weighted by Gasteiger charge is -2.14. The lowest BCUT2D eigenvalue weighted by atomic mass is 10.1. The summed E-state index contributed by atoms with van der Waals surface area (Å²) in [4.78, 5) is 23.5. The molecule has 152 valence electrons. The minimum absolute atomic E-state index is 0.365. The number of ether oxygens (including phenoxy) is 1. The number of hydrogen-bond acceptors (Lipinski definition) is 4. The highest BCUT2D eigenvalue weighted by atomic mass is 35.5. The molecule has 0 radical (unpaired) electrons. The van der Waals surface area contributed by atoms with E-state index in [0.29, 0.717) is 37.3 Å². The number of carboxylic acids is 1. The molecular formula is C20H31ClN2O4. The van der Waals surface area contributed by atoms with E-state index in [-0.39, 0.29) is 0 Å². The van der Waals surface area contributed by atoms with E-state index in [9.17, 15) is 14.7 Å². The van der Waals surface area contributed by atoms with Gasteiger partial charge in [-0.05, 0) is 62.9 Å². The topological polar surface area (TPSA) is 102 Å². The van der Waals surface area contributed by atoms with Crippen LogP contribution in [-0.4, -0.2) is 42.1 Å². The van der Waals surface area contributed by atoms with Crippen molar-refractivity contribution in [2.45, 2.75) is 57.4 Å². The Kier molecular flexibility index (Phi) is 12.3. The van der Waals surface area contributed by atoms with E-state index in [1.54, 1.807) is 24.3 Å². The Morgan fingerprint density at radius 2 is 1.70 bits per heavy atom. The second kappa shape index (κ2) is 14.3. The molecule has 1 rings (SSSR count). The van der Waals surface area contributed by atoms with Crippen molar-refractivity contribution < 1.29 is 19.4 Å². The van der Waals surface area contributed by atoms with Crippen LogP contribution >= 0.6 is 11.6 Å². The van der Waals surface area contributed by atoms with E-state index in [2.05, 4.69) is 5.32 Å². The van der Waals surface area contributed by atoms with Gasteiger partial charge in [0, 0.05) is 11.4 Å². The molecule has 7 heteroatoms. The predicted octanol–water partition coefficient (Wildman–Crippen LogP) is 3.57. The van der Waals surface area contributed by atoms with E-state index in [1.165, 1.54) is 0 Å². The van der Waals surface area contributed by atoms with Crippen molar-refractivity contribution in [2.75, 3.05) is 19.0 Å². The fraction of sp³-hybridized carbons (Fsp3) is 0.600. The molecule has 1 amide bonds. The van der Waals surface area contributed by atoms with Crippen LogP contribution in [0.4, 0.5) is 0 Å². The Hall–Kier alpha value is -1.79. The van der Waals surface area contributed by atoms with Gasteiger partial charge in [-0.1, -0.05) is 19.3 Å². The van der Waals surface area contributed by atoms with Gasteiger partial charge in [0.1, 0.15) is 11.8 Å². The van der Waals surface area contributed by atoms with E-state index in [1.807, 2.05) is 0 Å². The molecule has 1 aromatic carbocycles. The summed E-state index contributed by atoms with van der Waals surface area (Å²) in [7, 11) is 0. The van der Waals surface area contributed by atoms with Crippen molar-refractivity contribution in [1.82, 2.24) is 5.32 Å². The van der Waals surface area contributed by atoms with Crippen LogP contribution in [0.3, 0.4) is 0 Å². The Balaban J connectivity index is 2.38. The van der Waals surface area contributed by atoms with Gasteiger partial charge < -0.3 is 20.9 Å². The van der Waals surface area contributed by atoms with E-state index in [0.717, 1.165) is 44.4 Å². The highest BCUT2D eigenvalue weighted by molar-refractivity contribution is 6.17. The van der Waals surface area contributed by atoms with E-state index < -0.39 is 17.9 Å². The number of rotatable bonds is 15. The summed E-state index contributed by atoms with van der Waals surface area (Å²) in [6.07, 6.45) is 7.21. The Morgan fingerprint density at radius 1 is 1.04 bits per heavy atom. The molecule has 0 unspecified atom stereocenters. The number of carboxylic acid groups (broad SMARTS) is 1. The quantitative estimate of drug-likeness (QED) is 0.309. The minimum Gasteiger partial charge on any atom is -0.494 e. The van der Waals surface area contributed by atoms with Gasteiger partial charge in [-0.3, -0.25) is 4.79 Å². The second-order valence-corrected chi connectivity index (χ2v) is 6.86. The lowest BCUT2D eigenvalue weighted by molar-refractivity contribution is -0.139. The fourth-order valence-electron chi connectivity index (χ4n) is 2.61. The maximum Gasteiger partial charge on any atom is 0.326 e. The zero-order chi connectivity index (χ0) is 19.9. The molecule has 0 spiro atoms. The zero-order valence-corrected chi connectivity index (χ0v) is 16.5. The van der Waals surface area contributed by atoms with Crippen LogP contribution < -0.4 is 15.8 Å². The highest BCUT2D eigenvalue weighted by Gasteiger charge is 2.20. The molecule has 0 aliphatic carbocycles. The molecule has 4 N–H and O–H groups in total. The number of amides is 1. The van der Waals surface area contributed by atoms with Gasteiger partial charge in [-0.15, -0.1) is 11.6 Å². The number of benzene rings is 1. The average molecular weight is 399 g/mol. The normalized spacial score (nSPS) is 11.8. The van der Waals surface area contributed by atoms with Crippen molar-refractivity contribution in [3.8, 4) is 5.75 Å². The van der Waals surface area contributed by atoms with E-state index in [4.69, 9.17) is 22.1 Å². The summed E-state index contributed by atoms with van der Waals surface area (Å²) in [5.74, 6) is -0.0189. The van der Waals surface area contributed by atoms with Gasteiger partial charge in [0.15, 0.2) is 0 Å². The van der Waals surface area contributed by atoms with Crippen molar-refractivity contribution in [1.29, 1.82) is 0 Å². The molecule has 6 nitrogen and oxygen atoms in total. The molecule has 1 aromatic rings. The smallest absolute Gasteiger partial charge is 0.326 e. The maximum atomic E-state index is 12.2. The first-order valence-electron chi connectivity index (χ1n) is 9.61. The van der Waals surface area contributed by atoms with Gasteiger partial charge in [0.2, 0.25) is 0 Å². The number of halogens is 1. The number of nitrogens with one attached hydrogen (secondary N) is 1. The third kappa shape index (κ3) is 10.2. The zero-order valence-electron chi connectivity index (χ0n) is 15.8. The number of carbonyl (C=O) groups is 2. The van der Waals surface area contributed by atoms with Crippen molar-refractivity contribution in [3.63, 3.8) is 0 Å². The number of alkyl halides is 1. The molecule has 0 heterocycles. The summed E-state index contributed by atoms with van der Waals surface area (Å²) < 4.78 is 5.67. The molecule has 0 aliphatic rings. The first-order chi connectivity index (χ1) is 13.1. The van der Waals surface area contributed by atoms with E-state index >= 15 is 0 Å². The average Bonchev–Trinajstić information content (AvgIpc) is 2.67. The SMILES string of the molecule is NCCCC[C@H](NC(=O)c1ccc(OCCCCCCCCl)cc1)C(=O)O. The van der Waals surface area contributed by atoms with Gasteiger partial charge in [0.25, 0.3) is 5.91 Å². The largest absolute Gasteiger partial charge is 0.494 e. The number of unbranched alkanes of at least 4 members (excludes halogenated alkanes) is 5. The van der Waals surface area contributed by atoms with Crippen molar-refractivity contribution in [2.24, 2.45) is 5.73 Å². The third-order valence-corrected chi connectivity index (χ3v) is 4.48. The summed E-state index contributed by atoms with van der Waals surface area (Å²) in [5.41, 5.74) is 5.83. The fourth-order valence-corrected chi connectivity index (χ4v) is 2.80. The third-order valence-electron chi connectivity index (χ3n) is 4.21. The van der Waals surface area contributed by atoms with Gasteiger partial charge in [-0.25, -0.2) is 4.79 Å². The molecule has 0 saturated carbocycles. The second-order valence-electron chi connectivity index (χ2n) is 6.48. The maximum absolute atomic E-state index is 12.2. The van der Waals surface area contributed by atoms with Crippen LogP contribution in [0, 0.1) is 0 Å². The molecule has 0 bridgehead atoms. The van der Waals surface area contributed by atoms with Crippen molar-refractivity contribution >= 4 is 23.5 Å². The summed E-state index contributed by atoms with van der Waals surface area (Å²) in [6, 6.07) is 5.84. The molecule has 0 saturated heterocycles. The standard InChI is InChI=1S/C20H31ClN2O4/c21-13-5-2-1-3-7-15-27-17-11-9-16(10-12-17)19(24)23-18(20(25)26)8-4-6-14-22/h9-12,18H,1-8,13-15,22H2,(H,23,24)(H,25,26)/t18-/m0/s1. The minimum atomic E-state index is -1.04. The van der Waals surface area contributed by atoms with Gasteiger partial charge >= 0.3 is 5.97 Å². The van der Waals surface area contributed by atoms with Gasteiger partial charge in [-0.2, -0.15) is 0 Å². The van der Waals surface area contributed by atoms with Crippen LogP contribution in [0.15, 0.2) is 24.3 Å². The number of carbonyl (C=O) groups excluding carboxylic acids is 1. The molecular weight excluding hydrogens is 368 g/mol. The first-order valence-corrected chi connectivity index (χ1v) is 10.1. The molecule has 27 heavy (non-hydrogen) atoms. The molecule has 0 aromatic heterocycles. The van der Waals surface area contributed by atoms with Crippen molar-refractivity contribution in [3.05, 3.63) is 29.8 Å².